The van der Waals surface area contributed by atoms with Crippen molar-refractivity contribution in [3.8, 4) is 0 Å². The number of likely N-dealkylation sites (tertiary alicyclic amines) is 1. The van der Waals surface area contributed by atoms with E-state index in [1.807, 2.05) is 6.92 Å². The SMILES string of the molecule is CCCCN1CCC(OC(=O)O)C1=O. The average molecular weight is 201 g/mol. The molecule has 1 saturated heterocycles. The first-order valence-corrected chi connectivity index (χ1v) is 4.83. The highest BCUT2D eigenvalue weighted by molar-refractivity contribution is 5.84. The third kappa shape index (κ3) is 2.61. The highest BCUT2D eigenvalue weighted by Gasteiger charge is 2.33. The van der Waals surface area contributed by atoms with E-state index in [-0.39, 0.29) is 5.91 Å². The summed E-state index contributed by atoms with van der Waals surface area (Å²) in [5, 5.41) is 8.36. The van der Waals surface area contributed by atoms with Gasteiger partial charge in [0.05, 0.1) is 0 Å². The summed E-state index contributed by atoms with van der Waals surface area (Å²) in [5.74, 6) is -0.194. The fraction of sp³-hybridized carbons (Fsp3) is 0.778. The van der Waals surface area contributed by atoms with E-state index in [9.17, 15) is 9.59 Å². The minimum Gasteiger partial charge on any atom is -0.450 e. The molecular weight excluding hydrogens is 186 g/mol. The molecule has 0 spiro atoms. The molecule has 0 radical (unpaired) electrons. The van der Waals surface area contributed by atoms with Crippen LogP contribution in [0, 0.1) is 0 Å². The molecule has 0 saturated carbocycles. The summed E-state index contributed by atoms with van der Waals surface area (Å²) < 4.78 is 4.46. The van der Waals surface area contributed by atoms with E-state index in [0.29, 0.717) is 19.5 Å². The summed E-state index contributed by atoms with van der Waals surface area (Å²) in [7, 11) is 0. The summed E-state index contributed by atoms with van der Waals surface area (Å²) >= 11 is 0. The van der Waals surface area contributed by atoms with Gasteiger partial charge in [0.15, 0.2) is 6.10 Å². The van der Waals surface area contributed by atoms with Crippen LogP contribution in [0.25, 0.3) is 0 Å². The molecule has 5 heteroatoms. The molecule has 1 heterocycles. The lowest BCUT2D eigenvalue weighted by atomic mass is 10.3. The van der Waals surface area contributed by atoms with E-state index in [2.05, 4.69) is 4.74 Å². The maximum Gasteiger partial charge on any atom is 0.506 e. The van der Waals surface area contributed by atoms with Crippen molar-refractivity contribution in [1.82, 2.24) is 4.90 Å². The zero-order chi connectivity index (χ0) is 10.6. The normalized spacial score (nSPS) is 21.4. The maximum atomic E-state index is 11.5. The molecule has 1 atom stereocenters. The summed E-state index contributed by atoms with van der Waals surface area (Å²) in [4.78, 5) is 23.4. The second-order valence-electron chi connectivity index (χ2n) is 3.34. The van der Waals surface area contributed by atoms with Crippen molar-refractivity contribution in [3.63, 3.8) is 0 Å². The van der Waals surface area contributed by atoms with Crippen LogP contribution in [0.5, 0.6) is 0 Å². The van der Waals surface area contributed by atoms with Crippen LogP contribution in [0.15, 0.2) is 0 Å². The topological polar surface area (TPSA) is 66.8 Å². The smallest absolute Gasteiger partial charge is 0.450 e. The van der Waals surface area contributed by atoms with Gasteiger partial charge >= 0.3 is 6.16 Å². The number of carbonyl (C=O) groups is 2. The molecule has 1 rings (SSSR count). The number of unbranched alkanes of at least 4 members (excludes halogenated alkanes) is 1. The van der Waals surface area contributed by atoms with Crippen LogP contribution in [0.1, 0.15) is 26.2 Å². The molecule has 0 aliphatic carbocycles. The number of carboxylic acid groups (broad SMARTS) is 1. The zero-order valence-electron chi connectivity index (χ0n) is 8.23. The Bertz CT molecular complexity index is 229. The minimum absolute atomic E-state index is 0.194. The van der Waals surface area contributed by atoms with Crippen molar-refractivity contribution < 1.29 is 19.4 Å². The number of carbonyl (C=O) groups excluding carboxylic acids is 1. The monoisotopic (exact) mass is 201 g/mol. The molecule has 80 valence electrons. The Kier molecular flexibility index (Phi) is 3.73. The Morgan fingerprint density at radius 2 is 2.43 bits per heavy atom. The Morgan fingerprint density at radius 1 is 1.71 bits per heavy atom. The van der Waals surface area contributed by atoms with Crippen molar-refractivity contribution in [2.24, 2.45) is 0 Å². The van der Waals surface area contributed by atoms with Gasteiger partial charge in [-0.2, -0.15) is 0 Å². The van der Waals surface area contributed by atoms with Crippen LogP contribution < -0.4 is 0 Å². The molecule has 1 unspecified atom stereocenters. The van der Waals surface area contributed by atoms with Crippen molar-refractivity contribution in [2.45, 2.75) is 32.3 Å². The first-order chi connectivity index (χ1) is 6.65. The summed E-state index contributed by atoms with van der Waals surface area (Å²) in [6.07, 6.45) is 0.305. The quantitative estimate of drug-likeness (QED) is 0.691. The molecule has 1 amide bonds. The van der Waals surface area contributed by atoms with Crippen molar-refractivity contribution >= 4 is 12.1 Å². The van der Waals surface area contributed by atoms with Gasteiger partial charge in [0.1, 0.15) is 0 Å². The number of hydrogen-bond acceptors (Lipinski definition) is 3. The molecule has 1 fully saturated rings. The Hall–Kier alpha value is -1.26. The van der Waals surface area contributed by atoms with Gasteiger partial charge in [0.2, 0.25) is 0 Å². The predicted molar refractivity (Wildman–Crippen MR) is 49.0 cm³/mol. The predicted octanol–water partition coefficient (Wildman–Crippen LogP) is 1.08. The van der Waals surface area contributed by atoms with Gasteiger partial charge in [0, 0.05) is 19.5 Å². The van der Waals surface area contributed by atoms with Gasteiger partial charge in [0.25, 0.3) is 5.91 Å². The van der Waals surface area contributed by atoms with Gasteiger partial charge in [-0.1, -0.05) is 13.3 Å². The molecule has 1 aliphatic heterocycles. The fourth-order valence-corrected chi connectivity index (χ4v) is 1.51. The van der Waals surface area contributed by atoms with E-state index < -0.39 is 12.3 Å². The van der Waals surface area contributed by atoms with Gasteiger partial charge in [-0.15, -0.1) is 0 Å². The first kappa shape index (κ1) is 10.8. The molecular formula is C9H15NO4. The minimum atomic E-state index is -1.37. The van der Waals surface area contributed by atoms with Gasteiger partial charge < -0.3 is 14.7 Å². The third-order valence-corrected chi connectivity index (χ3v) is 2.27. The first-order valence-electron chi connectivity index (χ1n) is 4.83. The fourth-order valence-electron chi connectivity index (χ4n) is 1.51. The van der Waals surface area contributed by atoms with Crippen LogP contribution in [0.4, 0.5) is 4.79 Å². The van der Waals surface area contributed by atoms with Gasteiger partial charge in [-0.05, 0) is 6.42 Å². The van der Waals surface area contributed by atoms with Crippen molar-refractivity contribution in [2.75, 3.05) is 13.1 Å². The molecule has 5 nitrogen and oxygen atoms in total. The summed E-state index contributed by atoms with van der Waals surface area (Å²) in [6.45, 7) is 3.36. The number of nitrogens with zero attached hydrogens (tertiary/aromatic N) is 1. The van der Waals surface area contributed by atoms with Gasteiger partial charge in [-0.25, -0.2) is 4.79 Å². The highest BCUT2D eigenvalue weighted by Crippen LogP contribution is 2.15. The molecule has 1 N–H and O–H groups in total. The van der Waals surface area contributed by atoms with Crippen LogP contribution in [-0.4, -0.2) is 41.3 Å². The van der Waals surface area contributed by atoms with Crippen molar-refractivity contribution in [1.29, 1.82) is 0 Å². The van der Waals surface area contributed by atoms with Crippen LogP contribution in [0.3, 0.4) is 0 Å². The molecule has 0 aromatic carbocycles. The Balaban J connectivity index is 2.39. The largest absolute Gasteiger partial charge is 0.506 e. The Labute approximate surface area is 82.6 Å². The van der Waals surface area contributed by atoms with E-state index in [1.165, 1.54) is 0 Å². The van der Waals surface area contributed by atoms with E-state index >= 15 is 0 Å². The lowest BCUT2D eigenvalue weighted by Crippen LogP contribution is -2.32. The van der Waals surface area contributed by atoms with Crippen LogP contribution in [0.2, 0.25) is 0 Å². The second-order valence-corrected chi connectivity index (χ2v) is 3.34. The van der Waals surface area contributed by atoms with Crippen molar-refractivity contribution in [3.05, 3.63) is 0 Å². The summed E-state index contributed by atoms with van der Waals surface area (Å²) in [6, 6.07) is 0. The standard InChI is InChI=1S/C9H15NO4/c1-2-3-5-10-6-4-7(8(10)11)14-9(12)13/h7H,2-6H2,1H3,(H,12,13). The lowest BCUT2D eigenvalue weighted by molar-refractivity contribution is -0.135. The molecule has 0 aromatic heterocycles. The summed E-state index contributed by atoms with van der Waals surface area (Å²) in [5.41, 5.74) is 0. The van der Waals surface area contributed by atoms with E-state index in [1.54, 1.807) is 4.90 Å². The zero-order valence-corrected chi connectivity index (χ0v) is 8.23. The molecule has 0 aromatic rings. The molecule has 14 heavy (non-hydrogen) atoms. The van der Waals surface area contributed by atoms with E-state index in [0.717, 1.165) is 12.8 Å². The Morgan fingerprint density at radius 3 is 3.00 bits per heavy atom. The second kappa shape index (κ2) is 4.83. The number of hydrogen-bond donors (Lipinski definition) is 1. The van der Waals surface area contributed by atoms with Crippen LogP contribution in [-0.2, 0) is 9.53 Å². The molecule has 1 aliphatic rings. The van der Waals surface area contributed by atoms with Crippen LogP contribution >= 0.6 is 0 Å². The number of amides is 1. The number of rotatable bonds is 4. The van der Waals surface area contributed by atoms with Gasteiger partial charge in [-0.3, -0.25) is 4.79 Å². The average Bonchev–Trinajstić information content (AvgIpc) is 2.45. The molecule has 0 bridgehead atoms. The highest BCUT2D eigenvalue weighted by atomic mass is 16.7. The lowest BCUT2D eigenvalue weighted by Gasteiger charge is -2.15. The van der Waals surface area contributed by atoms with E-state index in [4.69, 9.17) is 5.11 Å². The third-order valence-electron chi connectivity index (χ3n) is 2.27. The maximum absolute atomic E-state index is 11.5. The number of ether oxygens (including phenoxy) is 1.